The number of aliphatic imine (C=N–C) groups is 1. The second-order valence-electron chi connectivity index (χ2n) is 7.30. The van der Waals surface area contributed by atoms with Crippen LogP contribution in [-0.2, 0) is 13.0 Å². The predicted octanol–water partition coefficient (Wildman–Crippen LogP) is 2.79. The molecular weight excluding hydrogens is 398 g/mol. The molecule has 1 N–H and O–H groups in total. The van der Waals surface area contributed by atoms with Gasteiger partial charge in [0.05, 0.1) is 19.2 Å². The summed E-state index contributed by atoms with van der Waals surface area (Å²) in [5.41, 5.74) is 1.24. The van der Waals surface area contributed by atoms with Crippen molar-refractivity contribution in [3.05, 3.63) is 39.8 Å². The molecule has 1 fully saturated rings. The first-order valence-corrected chi connectivity index (χ1v) is 11.3. The molecule has 0 spiro atoms. The van der Waals surface area contributed by atoms with E-state index in [2.05, 4.69) is 46.1 Å². The molecule has 0 radical (unpaired) electrons. The lowest BCUT2D eigenvalue weighted by Crippen LogP contribution is -2.52. The van der Waals surface area contributed by atoms with Crippen molar-refractivity contribution in [2.45, 2.75) is 26.8 Å². The lowest BCUT2D eigenvalue weighted by Gasteiger charge is -2.36. The number of thiazole rings is 1. The van der Waals surface area contributed by atoms with E-state index in [0.29, 0.717) is 0 Å². The maximum absolute atomic E-state index is 5.43. The number of piperazine rings is 1. The summed E-state index contributed by atoms with van der Waals surface area (Å²) in [6.07, 6.45) is 2.83. The highest BCUT2D eigenvalue weighted by atomic mass is 32.1. The maximum atomic E-state index is 5.43. The minimum absolute atomic E-state index is 0.765. The van der Waals surface area contributed by atoms with Crippen LogP contribution in [-0.4, -0.2) is 74.2 Å². The first-order chi connectivity index (χ1) is 14.6. The number of hydrogen-bond acceptors (Lipinski definition) is 6. The van der Waals surface area contributed by atoms with Crippen molar-refractivity contribution in [3.63, 3.8) is 0 Å². The van der Waals surface area contributed by atoms with Crippen molar-refractivity contribution in [1.29, 1.82) is 0 Å². The molecular formula is C22H33N5O2S. The van der Waals surface area contributed by atoms with Gasteiger partial charge < -0.3 is 19.7 Å². The summed E-state index contributed by atoms with van der Waals surface area (Å²) in [4.78, 5) is 15.4. The van der Waals surface area contributed by atoms with Crippen LogP contribution >= 0.6 is 11.3 Å². The molecule has 1 aromatic heterocycles. The first kappa shape index (κ1) is 22.4. The fourth-order valence-corrected chi connectivity index (χ4v) is 4.33. The molecule has 7 nitrogen and oxygen atoms in total. The highest BCUT2D eigenvalue weighted by molar-refractivity contribution is 7.11. The number of guanidine groups is 1. The third-order valence-electron chi connectivity index (χ3n) is 5.12. The minimum Gasteiger partial charge on any atom is -0.493 e. The van der Waals surface area contributed by atoms with Crippen molar-refractivity contribution in [1.82, 2.24) is 20.1 Å². The molecule has 164 valence electrons. The van der Waals surface area contributed by atoms with E-state index < -0.39 is 0 Å². The number of aryl methyl sites for hydroxylation is 1. The molecule has 2 heterocycles. The first-order valence-electron chi connectivity index (χ1n) is 10.5. The lowest BCUT2D eigenvalue weighted by atomic mass is 10.1. The number of hydrogen-bond donors (Lipinski definition) is 1. The van der Waals surface area contributed by atoms with Crippen molar-refractivity contribution in [2.75, 3.05) is 53.5 Å². The molecule has 1 saturated heterocycles. The Morgan fingerprint density at radius 3 is 2.57 bits per heavy atom. The van der Waals surface area contributed by atoms with Crippen molar-refractivity contribution >= 4 is 17.3 Å². The number of nitrogens with zero attached hydrogens (tertiary/aromatic N) is 4. The van der Waals surface area contributed by atoms with E-state index in [1.807, 2.05) is 12.3 Å². The van der Waals surface area contributed by atoms with Gasteiger partial charge in [-0.05, 0) is 31.5 Å². The van der Waals surface area contributed by atoms with E-state index in [-0.39, 0.29) is 0 Å². The standard InChI is InChI=1S/C22H33N5O2S/c1-5-23-22(24-9-8-21-25-15-17(2)30-21)27-12-10-26(11-13-27)16-18-6-7-19(28-3)20(14-18)29-4/h6-7,14-15H,5,8-13,16H2,1-4H3,(H,23,24). The third kappa shape index (κ3) is 6.09. The Morgan fingerprint density at radius 1 is 1.17 bits per heavy atom. The molecule has 2 aromatic rings. The largest absolute Gasteiger partial charge is 0.493 e. The summed E-state index contributed by atoms with van der Waals surface area (Å²) in [7, 11) is 3.34. The molecule has 0 saturated carbocycles. The van der Waals surface area contributed by atoms with Gasteiger partial charge in [-0.25, -0.2) is 4.98 Å². The van der Waals surface area contributed by atoms with E-state index in [0.717, 1.165) is 74.7 Å². The fourth-order valence-electron chi connectivity index (χ4n) is 3.56. The molecule has 1 aliphatic rings. The van der Waals surface area contributed by atoms with Gasteiger partial charge in [0.1, 0.15) is 0 Å². The van der Waals surface area contributed by atoms with E-state index >= 15 is 0 Å². The molecule has 0 unspecified atom stereocenters. The van der Waals surface area contributed by atoms with E-state index in [1.54, 1.807) is 25.6 Å². The minimum atomic E-state index is 0.765. The average molecular weight is 432 g/mol. The number of methoxy groups -OCH3 is 2. The van der Waals surface area contributed by atoms with Crippen molar-refractivity contribution in [3.8, 4) is 11.5 Å². The fraction of sp³-hybridized carbons (Fsp3) is 0.545. The van der Waals surface area contributed by atoms with Crippen LogP contribution in [0, 0.1) is 6.92 Å². The van der Waals surface area contributed by atoms with Gasteiger partial charge in [-0.15, -0.1) is 11.3 Å². The van der Waals surface area contributed by atoms with Gasteiger partial charge in [-0.3, -0.25) is 9.89 Å². The SMILES string of the molecule is CCNC(=NCCc1ncc(C)s1)N1CCN(Cc2ccc(OC)c(OC)c2)CC1. The summed E-state index contributed by atoms with van der Waals surface area (Å²) in [6.45, 7) is 10.7. The summed E-state index contributed by atoms with van der Waals surface area (Å²) in [6, 6.07) is 6.15. The topological polar surface area (TPSA) is 62.2 Å². The quantitative estimate of drug-likeness (QED) is 0.512. The highest BCUT2D eigenvalue weighted by Gasteiger charge is 2.20. The number of ether oxygens (including phenoxy) is 2. The van der Waals surface area contributed by atoms with Gasteiger partial charge in [0.25, 0.3) is 0 Å². The number of rotatable bonds is 8. The second kappa shape index (κ2) is 11.2. The van der Waals surface area contributed by atoms with Gasteiger partial charge >= 0.3 is 0 Å². The van der Waals surface area contributed by atoms with Gasteiger partial charge in [0.2, 0.25) is 0 Å². The van der Waals surface area contributed by atoms with E-state index in [1.165, 1.54) is 10.4 Å². The molecule has 8 heteroatoms. The molecule has 30 heavy (non-hydrogen) atoms. The van der Waals surface area contributed by atoms with Gasteiger partial charge in [0, 0.05) is 63.3 Å². The summed E-state index contributed by atoms with van der Waals surface area (Å²) < 4.78 is 10.8. The Kier molecular flexibility index (Phi) is 8.33. The average Bonchev–Trinajstić information content (AvgIpc) is 3.18. The van der Waals surface area contributed by atoms with Crippen LogP contribution in [0.2, 0.25) is 0 Å². The maximum Gasteiger partial charge on any atom is 0.194 e. The van der Waals surface area contributed by atoms with Crippen LogP contribution in [0.1, 0.15) is 22.4 Å². The van der Waals surface area contributed by atoms with E-state index in [9.17, 15) is 0 Å². The van der Waals surface area contributed by atoms with Crippen molar-refractivity contribution in [2.24, 2.45) is 4.99 Å². The Bertz CT molecular complexity index is 831. The van der Waals surface area contributed by atoms with Gasteiger partial charge in [0.15, 0.2) is 17.5 Å². The van der Waals surface area contributed by atoms with Crippen LogP contribution in [0.5, 0.6) is 11.5 Å². The van der Waals surface area contributed by atoms with Gasteiger partial charge in [-0.1, -0.05) is 6.07 Å². The van der Waals surface area contributed by atoms with E-state index in [4.69, 9.17) is 14.5 Å². The highest BCUT2D eigenvalue weighted by Crippen LogP contribution is 2.28. The third-order valence-corrected chi connectivity index (χ3v) is 6.09. The van der Waals surface area contributed by atoms with Crippen LogP contribution in [0.25, 0.3) is 0 Å². The monoisotopic (exact) mass is 431 g/mol. The normalized spacial score (nSPS) is 15.3. The predicted molar refractivity (Wildman–Crippen MR) is 123 cm³/mol. The zero-order valence-electron chi connectivity index (χ0n) is 18.5. The summed E-state index contributed by atoms with van der Waals surface area (Å²) in [5, 5.41) is 4.61. The lowest BCUT2D eigenvalue weighted by molar-refractivity contribution is 0.172. The van der Waals surface area contributed by atoms with Crippen LogP contribution in [0.4, 0.5) is 0 Å². The number of benzene rings is 1. The summed E-state index contributed by atoms with van der Waals surface area (Å²) in [5.74, 6) is 2.56. The summed E-state index contributed by atoms with van der Waals surface area (Å²) >= 11 is 1.76. The molecule has 0 bridgehead atoms. The Labute approximate surface area is 183 Å². The smallest absolute Gasteiger partial charge is 0.194 e. The van der Waals surface area contributed by atoms with Gasteiger partial charge in [-0.2, -0.15) is 0 Å². The number of aromatic nitrogens is 1. The molecule has 0 atom stereocenters. The molecule has 1 aliphatic heterocycles. The molecule has 0 amide bonds. The molecule has 3 rings (SSSR count). The Morgan fingerprint density at radius 2 is 1.93 bits per heavy atom. The second-order valence-corrected chi connectivity index (χ2v) is 8.62. The number of nitrogens with one attached hydrogen (secondary N) is 1. The van der Waals surface area contributed by atoms with Crippen molar-refractivity contribution < 1.29 is 9.47 Å². The van der Waals surface area contributed by atoms with Crippen LogP contribution in [0.15, 0.2) is 29.4 Å². The Balaban J connectivity index is 1.52. The molecule has 0 aliphatic carbocycles. The zero-order chi connectivity index (χ0) is 21.3. The zero-order valence-corrected chi connectivity index (χ0v) is 19.3. The van der Waals surface area contributed by atoms with Crippen LogP contribution < -0.4 is 14.8 Å². The molecule has 1 aromatic carbocycles. The Hall–Kier alpha value is -2.32. The van der Waals surface area contributed by atoms with Crippen LogP contribution in [0.3, 0.4) is 0 Å².